The van der Waals surface area contributed by atoms with Crippen molar-refractivity contribution in [1.29, 1.82) is 0 Å². The number of rotatable bonds is 4. The molecule has 1 atom stereocenters. The molecule has 80 valence electrons. The van der Waals surface area contributed by atoms with E-state index in [-0.39, 0.29) is 5.91 Å². The first kappa shape index (κ1) is 11.2. The van der Waals surface area contributed by atoms with Crippen molar-refractivity contribution in [2.45, 2.75) is 38.8 Å². The van der Waals surface area contributed by atoms with Crippen LogP contribution >= 0.6 is 0 Å². The largest absolute Gasteiger partial charge is 0.351 e. The van der Waals surface area contributed by atoms with Crippen molar-refractivity contribution < 1.29 is 4.79 Å². The zero-order chi connectivity index (χ0) is 10.6. The summed E-state index contributed by atoms with van der Waals surface area (Å²) in [6.07, 6.45) is 3.76. The van der Waals surface area contributed by atoms with Gasteiger partial charge in [0.1, 0.15) is 0 Å². The van der Waals surface area contributed by atoms with E-state index in [2.05, 4.69) is 30.6 Å². The number of hydrogen-bond acceptors (Lipinski definition) is 2. The van der Waals surface area contributed by atoms with E-state index in [4.69, 9.17) is 0 Å². The Morgan fingerprint density at radius 2 is 2.43 bits per heavy atom. The lowest BCUT2D eigenvalue weighted by molar-refractivity contribution is -0.116. The van der Waals surface area contributed by atoms with Crippen molar-refractivity contribution in [3.63, 3.8) is 0 Å². The molecule has 0 saturated carbocycles. The summed E-state index contributed by atoms with van der Waals surface area (Å²) in [7, 11) is 0. The molecule has 1 rings (SSSR count). The molecule has 0 aromatic carbocycles. The van der Waals surface area contributed by atoms with E-state index < -0.39 is 0 Å². The van der Waals surface area contributed by atoms with E-state index in [1.165, 1.54) is 18.9 Å². The summed E-state index contributed by atoms with van der Waals surface area (Å²) < 4.78 is 0. The lowest BCUT2D eigenvalue weighted by atomic mass is 10.2. The summed E-state index contributed by atoms with van der Waals surface area (Å²) in [5, 5.41) is 2.86. The van der Waals surface area contributed by atoms with Gasteiger partial charge in [0.25, 0.3) is 0 Å². The zero-order valence-corrected chi connectivity index (χ0v) is 9.12. The average molecular weight is 196 g/mol. The number of carbonyl (C=O) groups excluding carboxylic acids is 1. The van der Waals surface area contributed by atoms with Crippen molar-refractivity contribution in [3.05, 3.63) is 12.7 Å². The highest BCUT2D eigenvalue weighted by molar-refractivity contribution is 5.86. The molecule has 0 bridgehead atoms. The van der Waals surface area contributed by atoms with Crippen molar-refractivity contribution in [2.24, 2.45) is 0 Å². The van der Waals surface area contributed by atoms with Crippen LogP contribution in [0.15, 0.2) is 12.7 Å². The van der Waals surface area contributed by atoms with Crippen LogP contribution < -0.4 is 5.32 Å². The van der Waals surface area contributed by atoms with Gasteiger partial charge in [0, 0.05) is 18.6 Å². The third-order valence-corrected chi connectivity index (χ3v) is 2.78. The molecule has 1 fully saturated rings. The van der Waals surface area contributed by atoms with Crippen molar-refractivity contribution in [2.75, 3.05) is 13.1 Å². The predicted octanol–water partition coefficient (Wildman–Crippen LogP) is 1.16. The Hall–Kier alpha value is -0.830. The fourth-order valence-corrected chi connectivity index (χ4v) is 2.05. The Kier molecular flexibility index (Phi) is 4.14. The second-order valence-corrected chi connectivity index (χ2v) is 4.08. The molecule has 1 heterocycles. The molecule has 0 aromatic heterocycles. The molecular formula is C11H20N2O. The minimum atomic E-state index is -0.0689. The lowest BCUT2D eigenvalue weighted by Crippen LogP contribution is -2.42. The van der Waals surface area contributed by atoms with Gasteiger partial charge in [0.05, 0.1) is 0 Å². The Morgan fingerprint density at radius 1 is 1.71 bits per heavy atom. The number of nitrogens with zero attached hydrogens (tertiary/aromatic N) is 1. The van der Waals surface area contributed by atoms with Gasteiger partial charge in [0.15, 0.2) is 0 Å². The van der Waals surface area contributed by atoms with Crippen LogP contribution in [0, 0.1) is 0 Å². The van der Waals surface area contributed by atoms with Gasteiger partial charge in [-0.1, -0.05) is 6.58 Å². The van der Waals surface area contributed by atoms with Gasteiger partial charge in [0.2, 0.25) is 5.91 Å². The van der Waals surface area contributed by atoms with Crippen LogP contribution in [0.1, 0.15) is 26.7 Å². The molecule has 14 heavy (non-hydrogen) atoms. The molecule has 3 heteroatoms. The monoisotopic (exact) mass is 196 g/mol. The molecule has 1 saturated heterocycles. The Bertz CT molecular complexity index is 213. The molecule has 1 aliphatic heterocycles. The standard InChI is InChI=1S/C11H20N2O/c1-4-11(14)12-8-10-6-5-7-13(10)9(2)3/h4,9-10H,1,5-8H2,2-3H3,(H,12,14)/t10-/m1/s1. The van der Waals surface area contributed by atoms with Crippen LogP contribution in [0.25, 0.3) is 0 Å². The van der Waals surface area contributed by atoms with Gasteiger partial charge >= 0.3 is 0 Å². The van der Waals surface area contributed by atoms with Gasteiger partial charge in [-0.05, 0) is 39.3 Å². The van der Waals surface area contributed by atoms with Gasteiger partial charge in [-0.15, -0.1) is 0 Å². The highest BCUT2D eigenvalue weighted by atomic mass is 16.1. The number of likely N-dealkylation sites (tertiary alicyclic amines) is 1. The second-order valence-electron chi connectivity index (χ2n) is 4.08. The molecule has 0 unspecified atom stereocenters. The molecule has 0 spiro atoms. The highest BCUT2D eigenvalue weighted by Gasteiger charge is 2.26. The maximum Gasteiger partial charge on any atom is 0.243 e. The third kappa shape index (κ3) is 2.84. The summed E-state index contributed by atoms with van der Waals surface area (Å²) in [6, 6.07) is 1.09. The van der Waals surface area contributed by atoms with Crippen molar-refractivity contribution in [1.82, 2.24) is 10.2 Å². The quantitative estimate of drug-likeness (QED) is 0.684. The summed E-state index contributed by atoms with van der Waals surface area (Å²) in [6.45, 7) is 9.75. The minimum absolute atomic E-state index is 0.0689. The average Bonchev–Trinajstić information content (AvgIpc) is 2.62. The second kappa shape index (κ2) is 5.15. The summed E-state index contributed by atoms with van der Waals surface area (Å²) in [5.41, 5.74) is 0. The van der Waals surface area contributed by atoms with Crippen LogP contribution in [0.4, 0.5) is 0 Å². The number of nitrogens with one attached hydrogen (secondary N) is 1. The van der Waals surface area contributed by atoms with Crippen molar-refractivity contribution in [3.8, 4) is 0 Å². The van der Waals surface area contributed by atoms with Gasteiger partial charge < -0.3 is 5.32 Å². The number of carbonyl (C=O) groups is 1. The molecule has 0 aromatic rings. The zero-order valence-electron chi connectivity index (χ0n) is 9.12. The maximum atomic E-state index is 11.0. The van der Waals surface area contributed by atoms with E-state index >= 15 is 0 Å². The third-order valence-electron chi connectivity index (χ3n) is 2.78. The van der Waals surface area contributed by atoms with Gasteiger partial charge in [-0.25, -0.2) is 0 Å². The first-order valence-corrected chi connectivity index (χ1v) is 5.31. The fourth-order valence-electron chi connectivity index (χ4n) is 2.05. The SMILES string of the molecule is C=CC(=O)NC[C@H]1CCCN1C(C)C. The van der Waals surface area contributed by atoms with Gasteiger partial charge in [-0.3, -0.25) is 9.69 Å². The topological polar surface area (TPSA) is 32.3 Å². The molecular weight excluding hydrogens is 176 g/mol. The summed E-state index contributed by atoms with van der Waals surface area (Å²) in [4.78, 5) is 13.4. The molecule has 0 aliphatic carbocycles. The Balaban J connectivity index is 2.36. The molecule has 1 aliphatic rings. The molecule has 0 radical (unpaired) electrons. The first-order valence-electron chi connectivity index (χ1n) is 5.31. The van der Waals surface area contributed by atoms with E-state index in [0.29, 0.717) is 12.1 Å². The normalized spacial score (nSPS) is 22.6. The Labute approximate surface area is 86.2 Å². The summed E-state index contributed by atoms with van der Waals surface area (Å²) >= 11 is 0. The number of amides is 1. The van der Waals surface area contributed by atoms with Crippen LogP contribution in [0.2, 0.25) is 0 Å². The number of hydrogen-bond donors (Lipinski definition) is 1. The van der Waals surface area contributed by atoms with Crippen LogP contribution in [-0.4, -0.2) is 36.0 Å². The van der Waals surface area contributed by atoms with E-state index in [1.54, 1.807) is 0 Å². The van der Waals surface area contributed by atoms with Crippen LogP contribution in [-0.2, 0) is 4.79 Å². The minimum Gasteiger partial charge on any atom is -0.351 e. The molecule has 1 N–H and O–H groups in total. The molecule has 1 amide bonds. The van der Waals surface area contributed by atoms with Crippen LogP contribution in [0.5, 0.6) is 0 Å². The highest BCUT2D eigenvalue weighted by Crippen LogP contribution is 2.18. The van der Waals surface area contributed by atoms with Crippen molar-refractivity contribution >= 4 is 5.91 Å². The summed E-state index contributed by atoms with van der Waals surface area (Å²) in [5.74, 6) is -0.0689. The Morgan fingerprint density at radius 3 is 3.00 bits per heavy atom. The molecule has 3 nitrogen and oxygen atoms in total. The van der Waals surface area contributed by atoms with Gasteiger partial charge in [-0.2, -0.15) is 0 Å². The van der Waals surface area contributed by atoms with E-state index in [1.807, 2.05) is 0 Å². The fraction of sp³-hybridized carbons (Fsp3) is 0.727. The smallest absolute Gasteiger partial charge is 0.243 e. The van der Waals surface area contributed by atoms with Crippen LogP contribution in [0.3, 0.4) is 0 Å². The van der Waals surface area contributed by atoms with E-state index in [9.17, 15) is 4.79 Å². The van der Waals surface area contributed by atoms with E-state index in [0.717, 1.165) is 13.1 Å². The lowest BCUT2D eigenvalue weighted by Gasteiger charge is -2.28. The maximum absolute atomic E-state index is 11.0. The first-order chi connectivity index (χ1) is 6.65. The predicted molar refractivity (Wildman–Crippen MR) is 58.1 cm³/mol.